The van der Waals surface area contributed by atoms with Crippen molar-refractivity contribution in [3.8, 4) is 0 Å². The fraction of sp³-hybridized carbons (Fsp3) is 0.857. The predicted molar refractivity (Wildman–Crippen MR) is 37.9 cm³/mol. The third-order valence-electron chi connectivity index (χ3n) is 1.27. The van der Waals surface area contributed by atoms with Crippen LogP contribution in [0.1, 0.15) is 6.42 Å². The highest BCUT2D eigenvalue weighted by molar-refractivity contribution is 5.53. The number of hydrogen-bond acceptors (Lipinski definition) is 3. The van der Waals surface area contributed by atoms with Gasteiger partial charge in [-0.25, -0.2) is 0 Å². The second-order valence-corrected chi connectivity index (χ2v) is 2.13. The molecule has 0 amide bonds. The number of carbonyl (C=O) groups is 1. The van der Waals surface area contributed by atoms with Gasteiger partial charge in [0.1, 0.15) is 6.29 Å². The predicted octanol–water partition coefficient (Wildman–Crippen LogP) is 0.484. The van der Waals surface area contributed by atoms with Crippen molar-refractivity contribution in [1.29, 1.82) is 0 Å². The van der Waals surface area contributed by atoms with Gasteiger partial charge in [-0.3, -0.25) is 0 Å². The van der Waals surface area contributed by atoms with Gasteiger partial charge < -0.3 is 14.3 Å². The van der Waals surface area contributed by atoms with E-state index < -0.39 is 0 Å². The molecule has 1 unspecified atom stereocenters. The minimum Gasteiger partial charge on any atom is -0.385 e. The monoisotopic (exact) mass is 146 g/mol. The summed E-state index contributed by atoms with van der Waals surface area (Å²) in [6.45, 7) is 1.11. The molecule has 0 aliphatic carbocycles. The first kappa shape index (κ1) is 9.59. The van der Waals surface area contributed by atoms with Gasteiger partial charge in [0.2, 0.25) is 0 Å². The zero-order valence-corrected chi connectivity index (χ0v) is 6.50. The van der Waals surface area contributed by atoms with Crippen molar-refractivity contribution in [1.82, 2.24) is 0 Å². The number of ether oxygens (including phenoxy) is 2. The van der Waals surface area contributed by atoms with Gasteiger partial charge in [0.15, 0.2) is 0 Å². The van der Waals surface area contributed by atoms with E-state index in [1.807, 2.05) is 0 Å². The lowest BCUT2D eigenvalue weighted by molar-refractivity contribution is -0.113. The third kappa shape index (κ3) is 4.47. The lowest BCUT2D eigenvalue weighted by Gasteiger charge is -2.06. The molecule has 0 bridgehead atoms. The largest absolute Gasteiger partial charge is 0.385 e. The Morgan fingerprint density at radius 3 is 2.50 bits per heavy atom. The molecule has 0 saturated carbocycles. The Morgan fingerprint density at radius 2 is 2.10 bits per heavy atom. The molecule has 0 aliphatic heterocycles. The lowest BCUT2D eigenvalue weighted by Crippen LogP contribution is -2.11. The minimum atomic E-state index is -0.00931. The summed E-state index contributed by atoms with van der Waals surface area (Å²) < 4.78 is 9.61. The molecule has 10 heavy (non-hydrogen) atoms. The van der Waals surface area contributed by atoms with Crippen LogP contribution in [0, 0.1) is 5.92 Å². The quantitative estimate of drug-likeness (QED) is 0.511. The molecule has 60 valence electrons. The van der Waals surface area contributed by atoms with Crippen molar-refractivity contribution in [2.24, 2.45) is 5.92 Å². The van der Waals surface area contributed by atoms with Crippen LogP contribution >= 0.6 is 0 Å². The van der Waals surface area contributed by atoms with Crippen LogP contribution in [0.25, 0.3) is 0 Å². The van der Waals surface area contributed by atoms with Crippen molar-refractivity contribution >= 4 is 6.29 Å². The van der Waals surface area contributed by atoms with Gasteiger partial charge in [0, 0.05) is 26.7 Å². The average molecular weight is 146 g/mol. The average Bonchev–Trinajstić information content (AvgIpc) is 1.98. The summed E-state index contributed by atoms with van der Waals surface area (Å²) in [4.78, 5) is 10.3. The van der Waals surface area contributed by atoms with Gasteiger partial charge in [-0.05, 0) is 6.42 Å². The van der Waals surface area contributed by atoms with Crippen LogP contribution < -0.4 is 0 Å². The maximum Gasteiger partial charge on any atom is 0.125 e. The first-order valence-electron chi connectivity index (χ1n) is 3.28. The first-order chi connectivity index (χ1) is 4.85. The van der Waals surface area contributed by atoms with Crippen molar-refractivity contribution in [3.63, 3.8) is 0 Å². The van der Waals surface area contributed by atoms with E-state index in [1.165, 1.54) is 0 Å². The number of rotatable bonds is 6. The topological polar surface area (TPSA) is 35.5 Å². The van der Waals surface area contributed by atoms with Crippen LogP contribution in [0.3, 0.4) is 0 Å². The number of methoxy groups -OCH3 is 2. The van der Waals surface area contributed by atoms with E-state index in [0.29, 0.717) is 13.2 Å². The van der Waals surface area contributed by atoms with Gasteiger partial charge in [-0.2, -0.15) is 0 Å². The Kier molecular flexibility index (Phi) is 6.43. The maximum atomic E-state index is 10.3. The van der Waals surface area contributed by atoms with E-state index in [9.17, 15) is 4.79 Å². The second kappa shape index (κ2) is 6.71. The molecule has 0 N–H and O–H groups in total. The molecule has 0 aromatic carbocycles. The zero-order valence-electron chi connectivity index (χ0n) is 6.50. The molecule has 0 heterocycles. The van der Waals surface area contributed by atoms with Crippen molar-refractivity contribution in [2.75, 3.05) is 27.4 Å². The van der Waals surface area contributed by atoms with Crippen LogP contribution in [0.4, 0.5) is 0 Å². The summed E-state index contributed by atoms with van der Waals surface area (Å²) in [6.07, 6.45) is 1.65. The van der Waals surface area contributed by atoms with Gasteiger partial charge in [-0.1, -0.05) is 0 Å². The molecule has 0 aliphatic rings. The molecule has 0 aromatic rings. The number of hydrogen-bond donors (Lipinski definition) is 0. The summed E-state index contributed by atoms with van der Waals surface area (Å²) in [5.74, 6) is -0.00931. The minimum absolute atomic E-state index is 0.00931. The van der Waals surface area contributed by atoms with E-state index in [2.05, 4.69) is 0 Å². The number of carbonyl (C=O) groups excluding carboxylic acids is 1. The van der Waals surface area contributed by atoms with Crippen molar-refractivity contribution in [3.05, 3.63) is 0 Å². The van der Waals surface area contributed by atoms with E-state index in [4.69, 9.17) is 9.47 Å². The van der Waals surface area contributed by atoms with E-state index in [1.54, 1.807) is 14.2 Å². The summed E-state index contributed by atoms with van der Waals surface area (Å²) >= 11 is 0. The first-order valence-corrected chi connectivity index (χ1v) is 3.28. The van der Waals surface area contributed by atoms with Crippen molar-refractivity contribution in [2.45, 2.75) is 6.42 Å². The SMILES string of the molecule is COCCC(C=O)COC. The summed E-state index contributed by atoms with van der Waals surface area (Å²) in [7, 11) is 3.21. The molecule has 3 nitrogen and oxygen atoms in total. The van der Waals surface area contributed by atoms with Crippen LogP contribution in [0.5, 0.6) is 0 Å². The standard InChI is InChI=1S/C7H14O3/c1-9-4-3-7(5-8)6-10-2/h5,7H,3-4,6H2,1-2H3. The summed E-state index contributed by atoms with van der Waals surface area (Å²) in [5.41, 5.74) is 0. The maximum absolute atomic E-state index is 10.3. The van der Waals surface area contributed by atoms with Crippen LogP contribution in [-0.4, -0.2) is 33.7 Å². The van der Waals surface area contributed by atoms with Gasteiger partial charge in [-0.15, -0.1) is 0 Å². The van der Waals surface area contributed by atoms with Crippen LogP contribution in [0.2, 0.25) is 0 Å². The van der Waals surface area contributed by atoms with Crippen LogP contribution in [-0.2, 0) is 14.3 Å². The van der Waals surface area contributed by atoms with Gasteiger partial charge in [0.25, 0.3) is 0 Å². The second-order valence-electron chi connectivity index (χ2n) is 2.13. The molecule has 3 heteroatoms. The molecule has 0 radical (unpaired) electrons. The zero-order chi connectivity index (χ0) is 7.82. The molecule has 0 rings (SSSR count). The van der Waals surface area contributed by atoms with Gasteiger partial charge >= 0.3 is 0 Å². The Morgan fingerprint density at radius 1 is 1.40 bits per heavy atom. The highest BCUT2D eigenvalue weighted by atomic mass is 16.5. The summed E-state index contributed by atoms with van der Waals surface area (Å²) in [5, 5.41) is 0. The third-order valence-corrected chi connectivity index (χ3v) is 1.27. The normalized spacial score (nSPS) is 13.0. The fourth-order valence-electron chi connectivity index (χ4n) is 0.674. The van der Waals surface area contributed by atoms with Crippen molar-refractivity contribution < 1.29 is 14.3 Å². The highest BCUT2D eigenvalue weighted by Crippen LogP contribution is 1.98. The molecule has 0 saturated heterocycles. The van der Waals surface area contributed by atoms with Gasteiger partial charge in [0.05, 0.1) is 6.61 Å². The molecule has 1 atom stereocenters. The molecular weight excluding hydrogens is 132 g/mol. The Bertz CT molecular complexity index is 82.9. The smallest absolute Gasteiger partial charge is 0.125 e. The highest BCUT2D eigenvalue weighted by Gasteiger charge is 2.04. The van der Waals surface area contributed by atoms with E-state index in [0.717, 1.165) is 12.7 Å². The van der Waals surface area contributed by atoms with E-state index in [-0.39, 0.29) is 5.92 Å². The fourth-order valence-corrected chi connectivity index (χ4v) is 0.674. The molecule has 0 spiro atoms. The Balaban J connectivity index is 3.29. The lowest BCUT2D eigenvalue weighted by atomic mass is 10.1. The molecule has 0 fully saturated rings. The number of aldehydes is 1. The summed E-state index contributed by atoms with van der Waals surface area (Å²) in [6, 6.07) is 0. The Hall–Kier alpha value is -0.410. The molecule has 0 aromatic heterocycles. The Labute approximate surface area is 61.3 Å². The van der Waals surface area contributed by atoms with Crippen LogP contribution in [0.15, 0.2) is 0 Å². The van der Waals surface area contributed by atoms with E-state index >= 15 is 0 Å². The molecular formula is C7H14O3.